The van der Waals surface area contributed by atoms with Gasteiger partial charge in [-0.1, -0.05) is 31.2 Å². The summed E-state index contributed by atoms with van der Waals surface area (Å²) in [5.74, 6) is -0.884. The lowest BCUT2D eigenvalue weighted by atomic mass is 10.1. The van der Waals surface area contributed by atoms with E-state index in [1.54, 1.807) is 12.1 Å². The molecule has 1 rings (SSSR count). The first-order valence-corrected chi connectivity index (χ1v) is 4.61. The Hall–Kier alpha value is -1.32. The highest BCUT2D eigenvalue weighted by atomic mass is 19.4. The Kier molecular flexibility index (Phi) is 3.50. The molecular weight excluding hydrogens is 205 g/mol. The third-order valence-electron chi connectivity index (χ3n) is 2.05. The predicted octanol–water partition coefficient (Wildman–Crippen LogP) is 3.38. The van der Waals surface area contributed by atoms with Crippen molar-refractivity contribution in [3.63, 3.8) is 0 Å². The van der Waals surface area contributed by atoms with E-state index in [1.807, 2.05) is 6.92 Å². The Balaban J connectivity index is 2.75. The lowest BCUT2D eigenvalue weighted by molar-refractivity contribution is -0.125. The molecular formula is C11H11F3O. The molecule has 0 bridgehead atoms. The quantitative estimate of drug-likeness (QED) is 0.708. The van der Waals surface area contributed by atoms with Gasteiger partial charge in [-0.15, -0.1) is 0 Å². The SMILES string of the molecule is CCc1ccc(C(=O)CC(F)(F)F)cc1. The molecule has 0 saturated carbocycles. The summed E-state index contributed by atoms with van der Waals surface area (Å²) in [6.07, 6.45) is -5.02. The summed E-state index contributed by atoms with van der Waals surface area (Å²) in [6.45, 7) is 1.94. The zero-order valence-electron chi connectivity index (χ0n) is 8.27. The fourth-order valence-electron chi connectivity index (χ4n) is 1.21. The van der Waals surface area contributed by atoms with Gasteiger partial charge in [0.25, 0.3) is 0 Å². The highest BCUT2D eigenvalue weighted by molar-refractivity contribution is 5.96. The third kappa shape index (κ3) is 3.73. The van der Waals surface area contributed by atoms with Crippen LogP contribution >= 0.6 is 0 Å². The van der Waals surface area contributed by atoms with Crippen LogP contribution in [-0.4, -0.2) is 12.0 Å². The summed E-state index contributed by atoms with van der Waals surface area (Å²) >= 11 is 0. The Morgan fingerprint density at radius 3 is 2.13 bits per heavy atom. The van der Waals surface area contributed by atoms with Gasteiger partial charge in [0, 0.05) is 5.56 Å². The normalized spacial score (nSPS) is 11.5. The summed E-state index contributed by atoms with van der Waals surface area (Å²) in [7, 11) is 0. The van der Waals surface area contributed by atoms with Crippen LogP contribution in [0.3, 0.4) is 0 Å². The zero-order chi connectivity index (χ0) is 11.5. The number of carbonyl (C=O) groups is 1. The van der Waals surface area contributed by atoms with Gasteiger partial charge < -0.3 is 0 Å². The lowest BCUT2D eigenvalue weighted by Crippen LogP contribution is -2.14. The summed E-state index contributed by atoms with van der Waals surface area (Å²) in [5, 5.41) is 0. The van der Waals surface area contributed by atoms with E-state index in [0.29, 0.717) is 0 Å². The van der Waals surface area contributed by atoms with Crippen molar-refractivity contribution in [1.82, 2.24) is 0 Å². The molecule has 0 aromatic heterocycles. The number of aryl methyl sites for hydroxylation is 1. The minimum absolute atomic E-state index is 0.115. The fourth-order valence-corrected chi connectivity index (χ4v) is 1.21. The Bertz CT molecular complexity index is 338. The number of benzene rings is 1. The van der Waals surface area contributed by atoms with Crippen molar-refractivity contribution in [3.8, 4) is 0 Å². The maximum absolute atomic E-state index is 11.9. The average Bonchev–Trinajstić information content (AvgIpc) is 2.15. The topological polar surface area (TPSA) is 17.1 Å². The van der Waals surface area contributed by atoms with Gasteiger partial charge in [0.15, 0.2) is 5.78 Å². The van der Waals surface area contributed by atoms with Crippen LogP contribution in [0, 0.1) is 0 Å². The second-order valence-corrected chi connectivity index (χ2v) is 3.27. The van der Waals surface area contributed by atoms with Crippen molar-refractivity contribution in [3.05, 3.63) is 35.4 Å². The van der Waals surface area contributed by atoms with Crippen molar-refractivity contribution in [1.29, 1.82) is 0 Å². The highest BCUT2D eigenvalue weighted by Crippen LogP contribution is 2.22. The molecule has 0 aliphatic carbocycles. The van der Waals surface area contributed by atoms with Crippen LogP contribution in [0.2, 0.25) is 0 Å². The van der Waals surface area contributed by atoms with Crippen LogP contribution < -0.4 is 0 Å². The van der Waals surface area contributed by atoms with Crippen LogP contribution in [0.5, 0.6) is 0 Å². The molecule has 0 aliphatic heterocycles. The van der Waals surface area contributed by atoms with Crippen LogP contribution in [0.25, 0.3) is 0 Å². The molecule has 1 nitrogen and oxygen atoms in total. The standard InChI is InChI=1S/C11H11F3O/c1-2-8-3-5-9(6-4-8)10(15)7-11(12,13)14/h3-6H,2,7H2,1H3. The molecule has 0 aliphatic rings. The van der Waals surface area contributed by atoms with Crippen molar-refractivity contribution in [2.75, 3.05) is 0 Å². The monoisotopic (exact) mass is 216 g/mol. The van der Waals surface area contributed by atoms with E-state index in [4.69, 9.17) is 0 Å². The first kappa shape index (κ1) is 11.8. The number of hydrogen-bond acceptors (Lipinski definition) is 1. The number of Topliss-reactive ketones (excluding diaryl/α,β-unsaturated/α-hetero) is 1. The first-order valence-electron chi connectivity index (χ1n) is 4.61. The molecule has 82 valence electrons. The zero-order valence-corrected chi connectivity index (χ0v) is 8.27. The second kappa shape index (κ2) is 4.47. The summed E-state index contributed by atoms with van der Waals surface area (Å²) in [5.41, 5.74) is 1.11. The maximum Gasteiger partial charge on any atom is 0.396 e. The molecule has 0 N–H and O–H groups in total. The minimum Gasteiger partial charge on any atom is -0.294 e. The van der Waals surface area contributed by atoms with Gasteiger partial charge >= 0.3 is 6.18 Å². The molecule has 0 spiro atoms. The lowest BCUT2D eigenvalue weighted by Gasteiger charge is -2.05. The van der Waals surface area contributed by atoms with E-state index in [2.05, 4.69) is 0 Å². The number of ketones is 1. The summed E-state index contributed by atoms with van der Waals surface area (Å²) in [4.78, 5) is 11.1. The van der Waals surface area contributed by atoms with Gasteiger partial charge in [0.05, 0.1) is 0 Å². The highest BCUT2D eigenvalue weighted by Gasteiger charge is 2.31. The van der Waals surface area contributed by atoms with Crippen LogP contribution in [0.1, 0.15) is 29.3 Å². The van der Waals surface area contributed by atoms with Gasteiger partial charge in [-0.2, -0.15) is 13.2 Å². The van der Waals surface area contributed by atoms with E-state index in [1.165, 1.54) is 12.1 Å². The van der Waals surface area contributed by atoms with Gasteiger partial charge in [-0.05, 0) is 12.0 Å². The van der Waals surface area contributed by atoms with Crippen LogP contribution in [0.4, 0.5) is 13.2 Å². The number of carbonyl (C=O) groups excluding carboxylic acids is 1. The van der Waals surface area contributed by atoms with Gasteiger partial charge in [-0.25, -0.2) is 0 Å². The largest absolute Gasteiger partial charge is 0.396 e. The molecule has 0 heterocycles. The fraction of sp³-hybridized carbons (Fsp3) is 0.364. The predicted molar refractivity (Wildman–Crippen MR) is 50.8 cm³/mol. The first-order chi connectivity index (χ1) is 6.92. The summed E-state index contributed by atoms with van der Waals surface area (Å²) in [6, 6.07) is 6.22. The van der Waals surface area contributed by atoms with Crippen molar-refractivity contribution in [2.45, 2.75) is 25.9 Å². The van der Waals surface area contributed by atoms with Crippen molar-refractivity contribution >= 4 is 5.78 Å². The van der Waals surface area contributed by atoms with E-state index < -0.39 is 18.4 Å². The molecule has 1 aromatic carbocycles. The Labute approximate surface area is 85.9 Å². The van der Waals surface area contributed by atoms with E-state index >= 15 is 0 Å². The molecule has 0 saturated heterocycles. The smallest absolute Gasteiger partial charge is 0.294 e. The second-order valence-electron chi connectivity index (χ2n) is 3.27. The Morgan fingerprint density at radius 2 is 1.73 bits per heavy atom. The number of rotatable bonds is 3. The summed E-state index contributed by atoms with van der Waals surface area (Å²) < 4.78 is 35.7. The van der Waals surface area contributed by atoms with Crippen LogP contribution in [-0.2, 0) is 6.42 Å². The molecule has 0 amide bonds. The van der Waals surface area contributed by atoms with E-state index in [0.717, 1.165) is 12.0 Å². The molecule has 0 fully saturated rings. The maximum atomic E-state index is 11.9. The number of halogens is 3. The number of hydrogen-bond donors (Lipinski definition) is 0. The van der Waals surface area contributed by atoms with E-state index in [-0.39, 0.29) is 5.56 Å². The Morgan fingerprint density at radius 1 is 1.20 bits per heavy atom. The average molecular weight is 216 g/mol. The molecule has 15 heavy (non-hydrogen) atoms. The van der Waals surface area contributed by atoms with Gasteiger partial charge in [-0.3, -0.25) is 4.79 Å². The number of alkyl halides is 3. The molecule has 0 atom stereocenters. The third-order valence-corrected chi connectivity index (χ3v) is 2.05. The molecule has 4 heteroatoms. The van der Waals surface area contributed by atoms with Crippen molar-refractivity contribution in [2.24, 2.45) is 0 Å². The molecule has 0 radical (unpaired) electrons. The molecule has 1 aromatic rings. The van der Waals surface area contributed by atoms with Gasteiger partial charge in [0.2, 0.25) is 0 Å². The van der Waals surface area contributed by atoms with Crippen molar-refractivity contribution < 1.29 is 18.0 Å². The van der Waals surface area contributed by atoms with Crippen LogP contribution in [0.15, 0.2) is 24.3 Å². The van der Waals surface area contributed by atoms with E-state index in [9.17, 15) is 18.0 Å². The molecule has 0 unspecified atom stereocenters. The minimum atomic E-state index is -4.43. The van der Waals surface area contributed by atoms with Gasteiger partial charge in [0.1, 0.15) is 6.42 Å².